The van der Waals surface area contributed by atoms with E-state index in [9.17, 15) is 4.79 Å². The highest BCUT2D eigenvalue weighted by Crippen LogP contribution is 2.33. The number of fused-ring (bicyclic) bond motifs is 1. The highest BCUT2D eigenvalue weighted by molar-refractivity contribution is 8.00. The summed E-state index contributed by atoms with van der Waals surface area (Å²) in [6.07, 6.45) is 0. The van der Waals surface area contributed by atoms with Crippen molar-refractivity contribution >= 4 is 23.2 Å². The molecule has 0 spiro atoms. The second kappa shape index (κ2) is 3.07. The third-order valence-electron chi connectivity index (χ3n) is 2.14. The number of carbonyl (C=O) groups is 1. The molecule has 0 saturated carbocycles. The molecule has 0 unspecified atom stereocenters. The minimum absolute atomic E-state index is 0.255. The Bertz CT molecular complexity index is 360. The molecule has 1 aromatic rings. The quantitative estimate of drug-likeness (QED) is 0.680. The van der Waals surface area contributed by atoms with Gasteiger partial charge in [0, 0.05) is 30.2 Å². The lowest BCUT2D eigenvalue weighted by atomic mass is 10.1. The Morgan fingerprint density at radius 3 is 2.85 bits per heavy atom. The highest BCUT2D eigenvalue weighted by atomic mass is 32.2. The molecule has 0 atom stereocenters. The molecule has 0 saturated heterocycles. The van der Waals surface area contributed by atoms with Gasteiger partial charge in [-0.3, -0.25) is 4.79 Å². The predicted molar refractivity (Wildman–Crippen MR) is 55.8 cm³/mol. The number of benzene rings is 1. The lowest BCUT2D eigenvalue weighted by molar-refractivity contribution is 0.102. The molecule has 2 rings (SSSR count). The lowest BCUT2D eigenvalue weighted by Gasteiger charge is -2.12. The van der Waals surface area contributed by atoms with E-state index >= 15 is 0 Å². The summed E-state index contributed by atoms with van der Waals surface area (Å²) in [7, 11) is 4.01. The Morgan fingerprint density at radius 1 is 1.38 bits per heavy atom. The molecule has 0 radical (unpaired) electrons. The first-order chi connectivity index (χ1) is 6.18. The summed E-state index contributed by atoms with van der Waals surface area (Å²) < 4.78 is 0. The van der Waals surface area contributed by atoms with Crippen molar-refractivity contribution in [3.63, 3.8) is 0 Å². The van der Waals surface area contributed by atoms with Gasteiger partial charge in [-0.2, -0.15) is 0 Å². The first kappa shape index (κ1) is 8.63. The van der Waals surface area contributed by atoms with Crippen molar-refractivity contribution < 1.29 is 4.79 Å². The zero-order valence-corrected chi connectivity index (χ0v) is 8.52. The van der Waals surface area contributed by atoms with Crippen LogP contribution in [0.3, 0.4) is 0 Å². The second-order valence-corrected chi connectivity index (χ2v) is 4.30. The second-order valence-electron chi connectivity index (χ2n) is 3.29. The van der Waals surface area contributed by atoms with Crippen molar-refractivity contribution in [3.05, 3.63) is 23.8 Å². The molecule has 1 aliphatic heterocycles. The number of anilines is 1. The normalized spacial score (nSPS) is 14.5. The van der Waals surface area contributed by atoms with Gasteiger partial charge in [0.25, 0.3) is 0 Å². The van der Waals surface area contributed by atoms with Crippen LogP contribution in [0.4, 0.5) is 5.69 Å². The van der Waals surface area contributed by atoms with E-state index in [1.807, 2.05) is 31.1 Å². The van der Waals surface area contributed by atoms with Crippen LogP contribution in [0.5, 0.6) is 0 Å². The van der Waals surface area contributed by atoms with Gasteiger partial charge in [0.1, 0.15) is 0 Å². The van der Waals surface area contributed by atoms with Crippen molar-refractivity contribution in [1.82, 2.24) is 0 Å². The number of hydrogen-bond donors (Lipinski definition) is 0. The van der Waals surface area contributed by atoms with Gasteiger partial charge >= 0.3 is 0 Å². The van der Waals surface area contributed by atoms with Crippen molar-refractivity contribution in [2.75, 3.05) is 24.7 Å². The van der Waals surface area contributed by atoms with Gasteiger partial charge in [0.2, 0.25) is 0 Å². The van der Waals surface area contributed by atoms with E-state index in [1.165, 1.54) is 0 Å². The van der Waals surface area contributed by atoms with E-state index in [0.717, 1.165) is 16.1 Å². The standard InChI is InChI=1S/C10H11NOS/c1-11(2)7-3-4-8-9(12)6-13-10(8)5-7/h3-5H,6H2,1-2H3. The van der Waals surface area contributed by atoms with Crippen LogP contribution in [-0.2, 0) is 0 Å². The fourth-order valence-corrected chi connectivity index (χ4v) is 2.34. The summed E-state index contributed by atoms with van der Waals surface area (Å²) in [6, 6.07) is 5.99. The third-order valence-corrected chi connectivity index (χ3v) is 3.20. The van der Waals surface area contributed by atoms with Crippen LogP contribution in [0.1, 0.15) is 10.4 Å². The smallest absolute Gasteiger partial charge is 0.174 e. The van der Waals surface area contributed by atoms with Gasteiger partial charge in [0.15, 0.2) is 5.78 Å². The molecule has 13 heavy (non-hydrogen) atoms. The van der Waals surface area contributed by atoms with E-state index in [4.69, 9.17) is 0 Å². The molecule has 3 heteroatoms. The number of Topliss-reactive ketones (excluding diaryl/α,β-unsaturated/α-hetero) is 1. The Balaban J connectivity index is 2.45. The maximum atomic E-state index is 11.3. The monoisotopic (exact) mass is 193 g/mol. The van der Waals surface area contributed by atoms with Gasteiger partial charge in [-0.1, -0.05) is 0 Å². The van der Waals surface area contributed by atoms with Gasteiger partial charge in [-0.05, 0) is 18.2 Å². The minimum Gasteiger partial charge on any atom is -0.378 e. The minimum atomic E-state index is 0.255. The summed E-state index contributed by atoms with van der Waals surface area (Å²) in [6.45, 7) is 0. The van der Waals surface area contributed by atoms with E-state index < -0.39 is 0 Å². The molecular formula is C10H11NOS. The van der Waals surface area contributed by atoms with Gasteiger partial charge in [-0.15, -0.1) is 11.8 Å². The van der Waals surface area contributed by atoms with E-state index in [1.54, 1.807) is 11.8 Å². The largest absolute Gasteiger partial charge is 0.378 e. The van der Waals surface area contributed by atoms with Crippen LogP contribution in [0.25, 0.3) is 0 Å². The van der Waals surface area contributed by atoms with E-state index in [-0.39, 0.29) is 5.78 Å². The van der Waals surface area contributed by atoms with E-state index in [2.05, 4.69) is 6.07 Å². The molecule has 0 amide bonds. The Kier molecular flexibility index (Phi) is 2.04. The Labute approximate surface area is 81.9 Å². The fraction of sp³-hybridized carbons (Fsp3) is 0.300. The zero-order chi connectivity index (χ0) is 9.42. The molecule has 0 bridgehead atoms. The molecule has 68 valence electrons. The third kappa shape index (κ3) is 1.44. The average molecular weight is 193 g/mol. The molecule has 1 aromatic carbocycles. The van der Waals surface area contributed by atoms with Crippen molar-refractivity contribution in [2.24, 2.45) is 0 Å². The number of ketones is 1. The van der Waals surface area contributed by atoms with Crippen LogP contribution in [0.15, 0.2) is 23.1 Å². The molecule has 1 aliphatic rings. The number of carbonyl (C=O) groups excluding carboxylic acids is 1. The van der Waals surface area contributed by atoms with Crippen LogP contribution < -0.4 is 4.90 Å². The topological polar surface area (TPSA) is 20.3 Å². The van der Waals surface area contributed by atoms with Crippen LogP contribution >= 0.6 is 11.8 Å². The molecule has 2 nitrogen and oxygen atoms in total. The highest BCUT2D eigenvalue weighted by Gasteiger charge is 2.20. The molecule has 0 aromatic heterocycles. The summed E-state index contributed by atoms with van der Waals surface area (Å²) in [5.74, 6) is 0.858. The van der Waals surface area contributed by atoms with Gasteiger partial charge in [0.05, 0.1) is 5.75 Å². The SMILES string of the molecule is CN(C)c1ccc2c(c1)SCC2=O. The summed E-state index contributed by atoms with van der Waals surface area (Å²) >= 11 is 1.63. The van der Waals surface area contributed by atoms with Crippen LogP contribution in [0.2, 0.25) is 0 Å². The maximum absolute atomic E-state index is 11.3. The average Bonchev–Trinajstić information content (AvgIpc) is 2.47. The Morgan fingerprint density at radius 2 is 2.15 bits per heavy atom. The fourth-order valence-electron chi connectivity index (χ4n) is 1.36. The summed E-state index contributed by atoms with van der Waals surface area (Å²) in [5, 5.41) is 0. The van der Waals surface area contributed by atoms with Crippen molar-refractivity contribution in [2.45, 2.75) is 4.90 Å². The van der Waals surface area contributed by atoms with E-state index in [0.29, 0.717) is 5.75 Å². The lowest BCUT2D eigenvalue weighted by Crippen LogP contribution is -2.08. The molecular weight excluding hydrogens is 182 g/mol. The van der Waals surface area contributed by atoms with Crippen LogP contribution in [0, 0.1) is 0 Å². The Hall–Kier alpha value is -0.960. The van der Waals surface area contributed by atoms with Gasteiger partial charge < -0.3 is 4.90 Å². The first-order valence-corrected chi connectivity index (χ1v) is 5.14. The van der Waals surface area contributed by atoms with Crippen molar-refractivity contribution in [1.29, 1.82) is 0 Å². The van der Waals surface area contributed by atoms with Crippen LogP contribution in [-0.4, -0.2) is 25.6 Å². The number of rotatable bonds is 1. The maximum Gasteiger partial charge on any atom is 0.174 e. The molecule has 0 fully saturated rings. The number of thioether (sulfide) groups is 1. The first-order valence-electron chi connectivity index (χ1n) is 4.16. The molecule has 0 N–H and O–H groups in total. The summed E-state index contributed by atoms with van der Waals surface area (Å²) in [5.41, 5.74) is 2.04. The predicted octanol–water partition coefficient (Wildman–Crippen LogP) is 2.04. The molecule has 0 aliphatic carbocycles. The zero-order valence-electron chi connectivity index (χ0n) is 7.70. The van der Waals surface area contributed by atoms with Crippen molar-refractivity contribution in [3.8, 4) is 0 Å². The molecule has 1 heterocycles. The number of nitrogens with zero attached hydrogens (tertiary/aromatic N) is 1. The number of hydrogen-bond acceptors (Lipinski definition) is 3. The summed E-state index contributed by atoms with van der Waals surface area (Å²) in [4.78, 5) is 14.5. The van der Waals surface area contributed by atoms with Gasteiger partial charge in [-0.25, -0.2) is 0 Å².